The number of nitrogens with zero attached hydrogens (tertiary/aromatic N) is 1. The summed E-state index contributed by atoms with van der Waals surface area (Å²) in [7, 11) is -3.36. The van der Waals surface area contributed by atoms with Crippen molar-refractivity contribution in [1.82, 2.24) is 10.3 Å². The smallest absolute Gasteiger partial charge is 0.254 e. The first kappa shape index (κ1) is 20.2. The minimum absolute atomic E-state index is 0.0300. The van der Waals surface area contributed by atoms with Crippen LogP contribution in [0.1, 0.15) is 16.1 Å². The van der Waals surface area contributed by atoms with Gasteiger partial charge < -0.3 is 9.73 Å². The third kappa shape index (κ3) is 5.46. The predicted octanol–water partition coefficient (Wildman–Crippen LogP) is 3.21. The highest BCUT2D eigenvalue weighted by Gasteiger charge is 2.16. The predicted molar refractivity (Wildman–Crippen MR) is 108 cm³/mol. The molecule has 6 nitrogen and oxygen atoms in total. The van der Waals surface area contributed by atoms with Crippen LogP contribution in [0.2, 0.25) is 0 Å². The number of sulfone groups is 1. The molecular weight excluding hydrogens is 396 g/mol. The van der Waals surface area contributed by atoms with Gasteiger partial charge in [-0.2, -0.15) is 0 Å². The van der Waals surface area contributed by atoms with Crippen LogP contribution in [0, 0.1) is 0 Å². The highest BCUT2D eigenvalue weighted by atomic mass is 32.2. The van der Waals surface area contributed by atoms with Gasteiger partial charge in [-0.25, -0.2) is 13.4 Å². The van der Waals surface area contributed by atoms with Crippen molar-refractivity contribution in [2.75, 3.05) is 18.1 Å². The number of aromatic nitrogens is 1. The maximum Gasteiger partial charge on any atom is 0.254 e. The number of benzene rings is 1. The van der Waals surface area contributed by atoms with Gasteiger partial charge in [-0.15, -0.1) is 11.8 Å². The number of thioether (sulfide) groups is 1. The Morgan fingerprint density at radius 1 is 1.07 bits per heavy atom. The van der Waals surface area contributed by atoms with E-state index in [0.717, 1.165) is 5.76 Å². The summed E-state index contributed by atoms with van der Waals surface area (Å²) in [5.74, 6) is 0.832. The van der Waals surface area contributed by atoms with Crippen LogP contribution < -0.4 is 5.32 Å². The van der Waals surface area contributed by atoms with Gasteiger partial charge in [0.2, 0.25) is 0 Å². The van der Waals surface area contributed by atoms with Crippen molar-refractivity contribution in [2.24, 2.45) is 0 Å². The van der Waals surface area contributed by atoms with E-state index < -0.39 is 9.84 Å². The number of hydrogen-bond acceptors (Lipinski definition) is 6. The molecule has 3 aromatic rings. The Kier molecular flexibility index (Phi) is 6.89. The van der Waals surface area contributed by atoms with Crippen molar-refractivity contribution >= 4 is 27.5 Å². The van der Waals surface area contributed by atoms with Gasteiger partial charge in [0.1, 0.15) is 10.8 Å². The van der Waals surface area contributed by atoms with Crippen LogP contribution in [-0.4, -0.2) is 37.4 Å². The van der Waals surface area contributed by atoms with Crippen LogP contribution in [0.15, 0.2) is 81.4 Å². The number of pyridine rings is 1. The molecule has 0 radical (unpaired) electrons. The molecule has 0 atom stereocenters. The molecule has 0 aliphatic carbocycles. The molecule has 2 aromatic heterocycles. The minimum atomic E-state index is -3.36. The topological polar surface area (TPSA) is 89.3 Å². The molecule has 0 bridgehead atoms. The Bertz CT molecular complexity index is 1000. The van der Waals surface area contributed by atoms with E-state index in [0.29, 0.717) is 34.2 Å². The van der Waals surface area contributed by atoms with Gasteiger partial charge >= 0.3 is 0 Å². The molecule has 8 heteroatoms. The first-order chi connectivity index (χ1) is 13.6. The fourth-order valence-corrected chi connectivity index (χ4v) is 5.19. The molecule has 146 valence electrons. The van der Waals surface area contributed by atoms with Crippen molar-refractivity contribution in [3.05, 3.63) is 78.4 Å². The quantitative estimate of drug-likeness (QED) is 0.539. The van der Waals surface area contributed by atoms with Crippen LogP contribution in [0.4, 0.5) is 0 Å². The van der Waals surface area contributed by atoms with Crippen molar-refractivity contribution in [2.45, 2.75) is 16.3 Å². The van der Waals surface area contributed by atoms with Gasteiger partial charge in [-0.1, -0.05) is 18.2 Å². The van der Waals surface area contributed by atoms with Crippen LogP contribution in [0.5, 0.6) is 0 Å². The van der Waals surface area contributed by atoms with Gasteiger partial charge in [0.05, 0.1) is 22.5 Å². The summed E-state index contributed by atoms with van der Waals surface area (Å²) in [6.45, 7) is 0.438. The molecule has 28 heavy (non-hydrogen) atoms. The zero-order valence-corrected chi connectivity index (χ0v) is 16.7. The van der Waals surface area contributed by atoms with Gasteiger partial charge in [-0.3, -0.25) is 4.79 Å². The summed E-state index contributed by atoms with van der Waals surface area (Å²) in [6.07, 6.45) is 3.78. The van der Waals surface area contributed by atoms with Crippen molar-refractivity contribution in [1.29, 1.82) is 0 Å². The molecule has 2 heterocycles. The number of furan rings is 1. The Labute approximate surface area is 168 Å². The summed E-state index contributed by atoms with van der Waals surface area (Å²) < 4.78 is 30.0. The van der Waals surface area contributed by atoms with Gasteiger partial charge in [0.15, 0.2) is 9.84 Å². The number of carbonyl (C=O) groups is 1. The molecule has 0 saturated carbocycles. The van der Waals surface area contributed by atoms with E-state index in [1.54, 1.807) is 61.0 Å². The Hall–Kier alpha value is -2.58. The second-order valence-corrected chi connectivity index (χ2v) is 9.11. The standard InChI is InChI=1S/C20H20N2O4S2/c23-19(21-12-10-16-6-5-13-26-16)18-9-4-11-22-20(18)27-14-15-28(24,25)17-7-2-1-3-8-17/h1-9,11,13H,10,12,14-15H2,(H,21,23). The average Bonchev–Trinajstić information content (AvgIpc) is 3.22. The number of hydrogen-bond donors (Lipinski definition) is 1. The van der Waals surface area contributed by atoms with E-state index in [4.69, 9.17) is 4.42 Å². The second-order valence-electron chi connectivity index (χ2n) is 5.92. The minimum Gasteiger partial charge on any atom is -0.469 e. The van der Waals surface area contributed by atoms with E-state index in [2.05, 4.69) is 10.3 Å². The summed E-state index contributed by atoms with van der Waals surface area (Å²) in [6, 6.07) is 15.4. The lowest BCUT2D eigenvalue weighted by Gasteiger charge is -2.09. The lowest BCUT2D eigenvalue weighted by molar-refractivity contribution is 0.0950. The highest BCUT2D eigenvalue weighted by Crippen LogP contribution is 2.21. The van der Waals surface area contributed by atoms with Crippen molar-refractivity contribution < 1.29 is 17.6 Å². The summed E-state index contributed by atoms with van der Waals surface area (Å²) in [5, 5.41) is 3.35. The van der Waals surface area contributed by atoms with E-state index in [9.17, 15) is 13.2 Å². The molecule has 1 aromatic carbocycles. The second kappa shape index (κ2) is 9.57. The molecule has 0 saturated heterocycles. The molecule has 3 rings (SSSR count). The Morgan fingerprint density at radius 2 is 1.89 bits per heavy atom. The maximum atomic E-state index is 12.5. The fourth-order valence-electron chi connectivity index (χ4n) is 2.52. The average molecular weight is 417 g/mol. The lowest BCUT2D eigenvalue weighted by Crippen LogP contribution is -2.26. The van der Waals surface area contributed by atoms with Gasteiger partial charge in [0, 0.05) is 24.9 Å². The maximum absolute atomic E-state index is 12.5. The largest absolute Gasteiger partial charge is 0.469 e. The van der Waals surface area contributed by atoms with Crippen molar-refractivity contribution in [3.63, 3.8) is 0 Å². The zero-order chi connectivity index (χ0) is 19.8. The molecule has 0 spiro atoms. The molecule has 0 aliphatic rings. The zero-order valence-electron chi connectivity index (χ0n) is 15.1. The van der Waals surface area contributed by atoms with Crippen LogP contribution >= 0.6 is 11.8 Å². The van der Waals surface area contributed by atoms with E-state index >= 15 is 0 Å². The number of amides is 1. The molecular formula is C20H20N2O4S2. The number of nitrogens with one attached hydrogen (secondary N) is 1. The Morgan fingerprint density at radius 3 is 2.64 bits per heavy atom. The molecule has 1 amide bonds. The third-order valence-corrected chi connectivity index (χ3v) is 6.94. The SMILES string of the molecule is O=C(NCCc1ccco1)c1cccnc1SCCS(=O)(=O)c1ccccc1. The van der Waals surface area contributed by atoms with E-state index in [1.165, 1.54) is 11.8 Å². The summed E-state index contributed by atoms with van der Waals surface area (Å²) in [5.41, 5.74) is 0.434. The van der Waals surface area contributed by atoms with Crippen LogP contribution in [0.3, 0.4) is 0 Å². The number of rotatable bonds is 9. The van der Waals surface area contributed by atoms with E-state index in [1.807, 2.05) is 6.07 Å². The van der Waals surface area contributed by atoms with Crippen LogP contribution in [-0.2, 0) is 16.3 Å². The molecule has 1 N–H and O–H groups in total. The van der Waals surface area contributed by atoms with Gasteiger partial charge in [0.25, 0.3) is 5.91 Å². The monoisotopic (exact) mass is 416 g/mol. The summed E-state index contributed by atoms with van der Waals surface area (Å²) in [4.78, 5) is 17.0. The third-order valence-electron chi connectivity index (χ3n) is 3.95. The molecule has 0 aliphatic heterocycles. The normalized spacial score (nSPS) is 11.3. The van der Waals surface area contributed by atoms with Crippen molar-refractivity contribution in [3.8, 4) is 0 Å². The molecule has 0 unspecified atom stereocenters. The fraction of sp³-hybridized carbons (Fsp3) is 0.200. The number of carbonyl (C=O) groups excluding carboxylic acids is 1. The molecule has 0 fully saturated rings. The summed E-state index contributed by atoms with van der Waals surface area (Å²) >= 11 is 1.26. The van der Waals surface area contributed by atoms with Crippen LogP contribution in [0.25, 0.3) is 0 Å². The Balaban J connectivity index is 1.57. The highest BCUT2D eigenvalue weighted by molar-refractivity contribution is 8.00. The lowest BCUT2D eigenvalue weighted by atomic mass is 10.2. The first-order valence-electron chi connectivity index (χ1n) is 8.72. The van der Waals surface area contributed by atoms with Gasteiger partial charge in [-0.05, 0) is 36.4 Å². The first-order valence-corrected chi connectivity index (χ1v) is 11.4. The van der Waals surface area contributed by atoms with E-state index in [-0.39, 0.29) is 11.7 Å².